The van der Waals surface area contributed by atoms with E-state index in [1.165, 1.54) is 7.11 Å². The van der Waals surface area contributed by atoms with Gasteiger partial charge in [0.15, 0.2) is 0 Å². The normalized spacial score (nSPS) is 14.1. The third-order valence-electron chi connectivity index (χ3n) is 3.29. The number of methoxy groups -OCH3 is 1. The first-order valence-electron chi connectivity index (χ1n) is 6.54. The van der Waals surface area contributed by atoms with E-state index < -0.39 is 6.04 Å². The van der Waals surface area contributed by atoms with Gasteiger partial charge < -0.3 is 20.7 Å². The number of ether oxygens (including phenoxy) is 1. The molecule has 7 heteroatoms. The summed E-state index contributed by atoms with van der Waals surface area (Å²) in [6.07, 6.45) is 0.846. The van der Waals surface area contributed by atoms with Crippen LogP contribution in [-0.2, 0) is 20.7 Å². The summed E-state index contributed by atoms with van der Waals surface area (Å²) in [7, 11) is 1.47. The summed E-state index contributed by atoms with van der Waals surface area (Å²) in [4.78, 5) is 25.4. The van der Waals surface area contributed by atoms with E-state index in [1.54, 1.807) is 4.90 Å². The van der Waals surface area contributed by atoms with Gasteiger partial charge in [-0.1, -0.05) is 18.2 Å². The average Bonchev–Trinajstić information content (AvgIpc) is 2.88. The Labute approximate surface area is 130 Å². The molecule has 1 heterocycles. The number of nitrogens with two attached hydrogens (primary N) is 1. The molecule has 1 aromatic carbocycles. The lowest BCUT2D eigenvalue weighted by Gasteiger charge is -2.18. The van der Waals surface area contributed by atoms with Gasteiger partial charge in [0.1, 0.15) is 6.04 Å². The topological polar surface area (TPSA) is 84.7 Å². The van der Waals surface area contributed by atoms with E-state index in [1.807, 2.05) is 24.3 Å². The van der Waals surface area contributed by atoms with E-state index in [2.05, 4.69) is 5.32 Å². The van der Waals surface area contributed by atoms with Gasteiger partial charge in [-0.3, -0.25) is 9.59 Å². The molecule has 0 spiro atoms. The molecule has 3 N–H and O–H groups in total. The zero-order valence-electron chi connectivity index (χ0n) is 11.9. The van der Waals surface area contributed by atoms with Crippen LogP contribution in [0.5, 0.6) is 0 Å². The van der Waals surface area contributed by atoms with Crippen LogP contribution in [0, 0.1) is 0 Å². The summed E-state index contributed by atoms with van der Waals surface area (Å²) in [5.41, 5.74) is 7.66. The minimum Gasteiger partial charge on any atom is -0.383 e. The Balaban J connectivity index is 0.00000220. The minimum absolute atomic E-state index is 0. The second-order valence-electron chi connectivity index (χ2n) is 4.70. The first-order chi connectivity index (χ1) is 9.63. The Morgan fingerprint density at radius 3 is 2.86 bits per heavy atom. The molecule has 0 saturated carbocycles. The lowest BCUT2D eigenvalue weighted by Crippen LogP contribution is -2.47. The van der Waals surface area contributed by atoms with Gasteiger partial charge in [-0.25, -0.2) is 0 Å². The van der Waals surface area contributed by atoms with E-state index in [9.17, 15) is 9.59 Å². The second-order valence-corrected chi connectivity index (χ2v) is 4.70. The number of hydrogen-bond acceptors (Lipinski definition) is 4. The lowest BCUT2D eigenvalue weighted by molar-refractivity contribution is -0.126. The van der Waals surface area contributed by atoms with Gasteiger partial charge in [-0.2, -0.15) is 0 Å². The Kier molecular flexibility index (Phi) is 6.61. The molecule has 1 unspecified atom stereocenters. The van der Waals surface area contributed by atoms with Gasteiger partial charge in [0.25, 0.3) is 0 Å². The van der Waals surface area contributed by atoms with Crippen molar-refractivity contribution in [3.05, 3.63) is 29.8 Å². The third kappa shape index (κ3) is 4.17. The molecule has 0 radical (unpaired) electrons. The number of carbonyl (C=O) groups is 2. The molecule has 0 fully saturated rings. The molecule has 0 saturated heterocycles. The van der Waals surface area contributed by atoms with Crippen molar-refractivity contribution in [1.29, 1.82) is 0 Å². The van der Waals surface area contributed by atoms with Crippen LogP contribution >= 0.6 is 12.4 Å². The van der Waals surface area contributed by atoms with Crippen LogP contribution in [0.4, 0.5) is 5.69 Å². The zero-order valence-corrected chi connectivity index (χ0v) is 12.7. The van der Waals surface area contributed by atoms with E-state index in [0.717, 1.165) is 17.7 Å². The first kappa shape index (κ1) is 17.4. The predicted octanol–water partition coefficient (Wildman–Crippen LogP) is 0.0874. The largest absolute Gasteiger partial charge is 0.383 e. The average molecular weight is 314 g/mol. The molecule has 1 aliphatic rings. The quantitative estimate of drug-likeness (QED) is 0.807. The van der Waals surface area contributed by atoms with Crippen molar-refractivity contribution in [2.75, 3.05) is 31.7 Å². The van der Waals surface area contributed by atoms with Crippen LogP contribution in [0.25, 0.3) is 0 Å². The number of nitrogens with one attached hydrogen (secondary N) is 1. The zero-order chi connectivity index (χ0) is 14.5. The fraction of sp³-hybridized carbons (Fsp3) is 0.429. The molecule has 21 heavy (non-hydrogen) atoms. The number of carbonyl (C=O) groups excluding carboxylic acids is 2. The number of halogens is 1. The fourth-order valence-electron chi connectivity index (χ4n) is 2.24. The number of anilines is 1. The van der Waals surface area contributed by atoms with Crippen molar-refractivity contribution >= 4 is 29.9 Å². The highest BCUT2D eigenvalue weighted by atomic mass is 35.5. The summed E-state index contributed by atoms with van der Waals surface area (Å²) in [6, 6.07) is 7.03. The van der Waals surface area contributed by atoms with Gasteiger partial charge in [-0.15, -0.1) is 12.4 Å². The van der Waals surface area contributed by atoms with Crippen molar-refractivity contribution < 1.29 is 14.3 Å². The van der Waals surface area contributed by atoms with Gasteiger partial charge in [-0.05, 0) is 18.1 Å². The van der Waals surface area contributed by atoms with Crippen LogP contribution in [-0.4, -0.2) is 44.7 Å². The summed E-state index contributed by atoms with van der Waals surface area (Å²) >= 11 is 0. The summed E-state index contributed by atoms with van der Waals surface area (Å²) in [5.74, 6) is -0.513. The fourth-order valence-corrected chi connectivity index (χ4v) is 2.24. The van der Waals surface area contributed by atoms with E-state index in [4.69, 9.17) is 10.5 Å². The van der Waals surface area contributed by atoms with Crippen molar-refractivity contribution in [1.82, 2.24) is 5.32 Å². The maximum Gasteiger partial charge on any atom is 0.246 e. The predicted molar refractivity (Wildman–Crippen MR) is 82.6 cm³/mol. The van der Waals surface area contributed by atoms with E-state index >= 15 is 0 Å². The molecule has 0 aromatic heterocycles. The monoisotopic (exact) mass is 313 g/mol. The van der Waals surface area contributed by atoms with Crippen molar-refractivity contribution in [3.63, 3.8) is 0 Å². The Morgan fingerprint density at radius 2 is 2.14 bits per heavy atom. The summed E-state index contributed by atoms with van der Waals surface area (Å²) in [5, 5.41) is 2.54. The van der Waals surface area contributed by atoms with Crippen LogP contribution < -0.4 is 16.0 Å². The molecule has 1 atom stereocenters. The van der Waals surface area contributed by atoms with E-state index in [-0.39, 0.29) is 37.4 Å². The number of hydrogen-bond donors (Lipinski definition) is 2. The Bertz CT molecular complexity index is 510. The molecule has 116 valence electrons. The molecule has 6 nitrogen and oxygen atoms in total. The minimum atomic E-state index is -0.751. The molecular formula is C14H20ClN3O3. The number of benzene rings is 1. The summed E-state index contributed by atoms with van der Waals surface area (Å²) < 4.78 is 4.80. The number of para-hydroxylation sites is 1. The SMILES string of the molecule is COCC(N)C(=O)NCC(=O)N1CCc2ccccc21.Cl. The lowest BCUT2D eigenvalue weighted by atomic mass is 10.2. The second kappa shape index (κ2) is 7.97. The van der Waals surface area contributed by atoms with Crippen LogP contribution in [0.15, 0.2) is 24.3 Å². The molecule has 1 aromatic rings. The smallest absolute Gasteiger partial charge is 0.246 e. The van der Waals surface area contributed by atoms with Crippen LogP contribution in [0.2, 0.25) is 0 Å². The van der Waals surface area contributed by atoms with Gasteiger partial charge >= 0.3 is 0 Å². The standard InChI is InChI=1S/C14H19N3O3.ClH/c1-20-9-11(15)14(19)16-8-13(18)17-7-6-10-4-2-3-5-12(10)17;/h2-5,11H,6-9,15H2,1H3,(H,16,19);1H. The highest BCUT2D eigenvalue weighted by molar-refractivity contribution is 5.98. The Hall–Kier alpha value is -1.63. The molecular weight excluding hydrogens is 294 g/mol. The molecule has 1 aliphatic heterocycles. The van der Waals surface area contributed by atoms with Crippen molar-refractivity contribution in [2.45, 2.75) is 12.5 Å². The highest BCUT2D eigenvalue weighted by Gasteiger charge is 2.24. The first-order valence-corrected chi connectivity index (χ1v) is 6.54. The molecule has 0 bridgehead atoms. The maximum atomic E-state index is 12.1. The molecule has 2 rings (SSSR count). The molecule has 0 aliphatic carbocycles. The number of rotatable bonds is 5. The summed E-state index contributed by atoms with van der Waals surface area (Å²) in [6.45, 7) is 0.731. The Morgan fingerprint density at radius 1 is 1.43 bits per heavy atom. The number of nitrogens with zero attached hydrogens (tertiary/aromatic N) is 1. The van der Waals surface area contributed by atoms with Crippen molar-refractivity contribution in [3.8, 4) is 0 Å². The third-order valence-corrected chi connectivity index (χ3v) is 3.29. The van der Waals surface area contributed by atoms with Crippen LogP contribution in [0.1, 0.15) is 5.56 Å². The maximum absolute atomic E-state index is 12.1. The van der Waals surface area contributed by atoms with E-state index in [0.29, 0.717) is 6.54 Å². The van der Waals surface area contributed by atoms with Gasteiger partial charge in [0.2, 0.25) is 11.8 Å². The number of amides is 2. The highest BCUT2D eigenvalue weighted by Crippen LogP contribution is 2.27. The van der Waals surface area contributed by atoms with Gasteiger partial charge in [0, 0.05) is 19.3 Å². The number of fused-ring (bicyclic) bond motifs is 1. The van der Waals surface area contributed by atoms with Crippen LogP contribution in [0.3, 0.4) is 0 Å². The van der Waals surface area contributed by atoms with Gasteiger partial charge in [0.05, 0.1) is 13.2 Å². The van der Waals surface area contributed by atoms with Crippen molar-refractivity contribution in [2.24, 2.45) is 5.73 Å². The molecule has 2 amide bonds.